The molecule has 1 aromatic rings. The van der Waals surface area contributed by atoms with Gasteiger partial charge in [-0.15, -0.1) is 0 Å². The molecule has 0 heterocycles. The van der Waals surface area contributed by atoms with Crippen LogP contribution in [0.1, 0.15) is 37.7 Å². The summed E-state index contributed by atoms with van der Waals surface area (Å²) >= 11 is 0. The van der Waals surface area contributed by atoms with E-state index in [4.69, 9.17) is 4.74 Å². The second kappa shape index (κ2) is 4.58. The minimum absolute atomic E-state index is 0.0162. The fourth-order valence-corrected chi connectivity index (χ4v) is 3.45. The van der Waals surface area contributed by atoms with Gasteiger partial charge in [-0.05, 0) is 25.3 Å². The highest BCUT2D eigenvalue weighted by atomic mass is 16.6. The molecule has 2 aliphatic rings. The zero-order valence-corrected chi connectivity index (χ0v) is 11.4. The van der Waals surface area contributed by atoms with Crippen molar-refractivity contribution in [2.75, 3.05) is 0 Å². The molecule has 0 radical (unpaired) electrons. The number of para-hydroxylation sites is 1. The molecular weight excluding hydrogens is 258 g/mol. The average molecular weight is 275 g/mol. The first-order chi connectivity index (χ1) is 9.54. The fourth-order valence-electron chi connectivity index (χ4n) is 3.45. The van der Waals surface area contributed by atoms with Crippen LogP contribution in [0.2, 0.25) is 0 Å². The molecule has 1 spiro atoms. The Morgan fingerprint density at radius 1 is 1.35 bits per heavy atom. The van der Waals surface area contributed by atoms with Gasteiger partial charge >= 0.3 is 5.69 Å². The number of hydrogen-bond acceptors (Lipinski definition) is 4. The zero-order valence-electron chi connectivity index (χ0n) is 11.4. The quantitative estimate of drug-likeness (QED) is 0.627. The van der Waals surface area contributed by atoms with Gasteiger partial charge in [-0.2, -0.15) is 0 Å². The van der Waals surface area contributed by atoms with E-state index in [9.17, 15) is 14.9 Å². The highest BCUT2D eigenvalue weighted by Gasteiger charge is 2.57. The summed E-state index contributed by atoms with van der Waals surface area (Å²) in [6, 6.07) is 4.89. The van der Waals surface area contributed by atoms with Crippen LogP contribution in [0.4, 0.5) is 5.69 Å². The average Bonchev–Trinajstić information content (AvgIpc) is 2.92. The van der Waals surface area contributed by atoms with E-state index in [2.05, 4.69) is 0 Å². The van der Waals surface area contributed by atoms with E-state index in [1.165, 1.54) is 6.07 Å². The molecule has 1 aromatic carbocycles. The van der Waals surface area contributed by atoms with Gasteiger partial charge in [0.1, 0.15) is 11.9 Å². The van der Waals surface area contributed by atoms with Crippen molar-refractivity contribution in [3.63, 3.8) is 0 Å². The van der Waals surface area contributed by atoms with Crippen molar-refractivity contribution < 1.29 is 14.5 Å². The Hall–Kier alpha value is -1.91. The van der Waals surface area contributed by atoms with E-state index < -0.39 is 4.92 Å². The topological polar surface area (TPSA) is 69.4 Å². The molecule has 0 aliphatic heterocycles. The first-order valence-corrected chi connectivity index (χ1v) is 6.98. The van der Waals surface area contributed by atoms with Gasteiger partial charge < -0.3 is 4.74 Å². The van der Waals surface area contributed by atoms with Crippen molar-refractivity contribution >= 4 is 11.5 Å². The molecule has 5 heteroatoms. The molecule has 5 nitrogen and oxygen atoms in total. The van der Waals surface area contributed by atoms with Crippen LogP contribution in [0.3, 0.4) is 0 Å². The summed E-state index contributed by atoms with van der Waals surface area (Å²) in [4.78, 5) is 22.6. The number of carbonyl (C=O) groups is 1. The molecule has 20 heavy (non-hydrogen) atoms. The molecule has 2 saturated carbocycles. The lowest BCUT2D eigenvalue weighted by Gasteiger charge is -2.44. The molecule has 0 bridgehead atoms. The Balaban J connectivity index is 1.89. The highest BCUT2D eigenvalue weighted by Crippen LogP contribution is 2.52. The van der Waals surface area contributed by atoms with Crippen molar-refractivity contribution in [2.45, 2.75) is 45.1 Å². The number of nitro benzene ring substituents is 1. The van der Waals surface area contributed by atoms with Crippen LogP contribution in [-0.2, 0) is 4.79 Å². The predicted molar refractivity (Wildman–Crippen MR) is 72.8 cm³/mol. The largest absolute Gasteiger partial charge is 0.482 e. The van der Waals surface area contributed by atoms with Crippen LogP contribution >= 0.6 is 0 Å². The second-order valence-corrected chi connectivity index (χ2v) is 5.78. The number of benzene rings is 1. The number of aryl methyl sites for hydroxylation is 1. The lowest BCUT2D eigenvalue weighted by molar-refractivity contribution is -0.386. The molecule has 2 aliphatic carbocycles. The van der Waals surface area contributed by atoms with Gasteiger partial charge in [0.2, 0.25) is 0 Å². The van der Waals surface area contributed by atoms with Gasteiger partial charge in [0.25, 0.3) is 0 Å². The highest BCUT2D eigenvalue weighted by molar-refractivity contribution is 5.92. The van der Waals surface area contributed by atoms with Crippen molar-refractivity contribution in [1.29, 1.82) is 0 Å². The molecule has 1 atom stereocenters. The van der Waals surface area contributed by atoms with Crippen molar-refractivity contribution in [1.82, 2.24) is 0 Å². The van der Waals surface area contributed by atoms with Crippen LogP contribution in [0.5, 0.6) is 5.75 Å². The van der Waals surface area contributed by atoms with Crippen LogP contribution in [0, 0.1) is 22.5 Å². The molecular formula is C15H17NO4. The Bertz CT molecular complexity index is 575. The number of nitrogens with zero attached hydrogens (tertiary/aromatic N) is 1. The van der Waals surface area contributed by atoms with Crippen LogP contribution in [0.25, 0.3) is 0 Å². The number of ketones is 1. The van der Waals surface area contributed by atoms with Gasteiger partial charge in [0.15, 0.2) is 5.75 Å². The number of rotatable bonds is 3. The third kappa shape index (κ3) is 1.80. The molecule has 0 saturated heterocycles. The van der Waals surface area contributed by atoms with Gasteiger partial charge in [-0.3, -0.25) is 14.9 Å². The first kappa shape index (κ1) is 13.1. The Labute approximate surface area is 117 Å². The monoisotopic (exact) mass is 275 g/mol. The smallest absolute Gasteiger partial charge is 0.311 e. The minimum atomic E-state index is -0.426. The minimum Gasteiger partial charge on any atom is -0.482 e. The standard InChI is InChI=1S/C15H17NO4/c1-10-5-4-6-11(16(18)19)14(10)20-13-9-12(17)15(13)7-2-3-8-15/h4-6,13H,2-3,7-9H2,1H3. The third-order valence-electron chi connectivity index (χ3n) is 4.69. The maximum absolute atomic E-state index is 11.9. The maximum atomic E-state index is 11.9. The summed E-state index contributed by atoms with van der Waals surface area (Å²) < 4.78 is 5.92. The van der Waals surface area contributed by atoms with E-state index >= 15 is 0 Å². The lowest BCUT2D eigenvalue weighted by Crippen LogP contribution is -2.55. The number of hydrogen-bond donors (Lipinski definition) is 0. The number of ether oxygens (including phenoxy) is 1. The van der Waals surface area contributed by atoms with Gasteiger partial charge in [-0.25, -0.2) is 0 Å². The van der Waals surface area contributed by atoms with Crippen molar-refractivity contribution in [3.8, 4) is 5.75 Å². The van der Waals surface area contributed by atoms with Gasteiger partial charge in [0, 0.05) is 12.5 Å². The first-order valence-electron chi connectivity index (χ1n) is 6.98. The Morgan fingerprint density at radius 2 is 2.05 bits per heavy atom. The van der Waals surface area contributed by atoms with Crippen molar-refractivity contribution in [3.05, 3.63) is 33.9 Å². The number of Topliss-reactive ketones (excluding diaryl/α,β-unsaturated/α-hetero) is 1. The van der Waals surface area contributed by atoms with E-state index in [1.807, 2.05) is 0 Å². The van der Waals surface area contributed by atoms with Crippen LogP contribution in [-0.4, -0.2) is 16.8 Å². The Kier molecular flexibility index (Phi) is 3.00. The zero-order chi connectivity index (χ0) is 14.3. The van der Waals surface area contributed by atoms with E-state index in [0.717, 1.165) is 31.2 Å². The molecule has 0 aromatic heterocycles. The predicted octanol–water partition coefficient (Wildman–Crippen LogP) is 3.18. The molecule has 1 unspecified atom stereocenters. The molecule has 0 N–H and O–H groups in total. The Morgan fingerprint density at radius 3 is 2.65 bits per heavy atom. The summed E-state index contributed by atoms with van der Waals surface area (Å²) in [6.45, 7) is 1.80. The normalized spacial score (nSPS) is 23.6. The molecule has 3 rings (SSSR count). The van der Waals surface area contributed by atoms with Gasteiger partial charge in [0.05, 0.1) is 10.3 Å². The molecule has 0 amide bonds. The lowest BCUT2D eigenvalue weighted by atomic mass is 9.63. The summed E-state index contributed by atoms with van der Waals surface area (Å²) in [7, 11) is 0. The van der Waals surface area contributed by atoms with E-state index in [0.29, 0.717) is 12.2 Å². The summed E-state index contributed by atoms with van der Waals surface area (Å²) in [5.41, 5.74) is 0.361. The number of nitro groups is 1. The van der Waals surface area contributed by atoms with Crippen molar-refractivity contribution in [2.24, 2.45) is 5.41 Å². The summed E-state index contributed by atoms with van der Waals surface area (Å²) in [5.74, 6) is 0.581. The fraction of sp³-hybridized carbons (Fsp3) is 0.533. The van der Waals surface area contributed by atoms with Crippen LogP contribution < -0.4 is 4.74 Å². The van der Waals surface area contributed by atoms with E-state index in [-0.39, 0.29) is 23.0 Å². The van der Waals surface area contributed by atoms with Crippen LogP contribution in [0.15, 0.2) is 18.2 Å². The number of carbonyl (C=O) groups excluding carboxylic acids is 1. The SMILES string of the molecule is Cc1cccc([N+](=O)[O-])c1OC1CC(=O)C12CCCC2. The third-order valence-corrected chi connectivity index (χ3v) is 4.69. The second-order valence-electron chi connectivity index (χ2n) is 5.78. The summed E-state index contributed by atoms with van der Waals surface area (Å²) in [5, 5.41) is 11.1. The molecule has 106 valence electrons. The van der Waals surface area contributed by atoms with Gasteiger partial charge in [-0.1, -0.05) is 25.0 Å². The van der Waals surface area contributed by atoms with E-state index in [1.54, 1.807) is 19.1 Å². The molecule has 2 fully saturated rings. The maximum Gasteiger partial charge on any atom is 0.311 e. The summed E-state index contributed by atoms with van der Waals surface area (Å²) in [6.07, 6.45) is 3.98.